The Bertz CT molecular complexity index is 1120. The van der Waals surface area contributed by atoms with Crippen molar-refractivity contribution in [3.05, 3.63) is 35.4 Å². The average Bonchev–Trinajstić information content (AvgIpc) is 3.37. The zero-order valence-corrected chi connectivity index (χ0v) is 15.8. The molecule has 9 heteroatoms. The minimum Gasteiger partial charge on any atom is -0.356 e. The summed E-state index contributed by atoms with van der Waals surface area (Å²) < 4.78 is 31.6. The maximum atomic E-state index is 14.6. The van der Waals surface area contributed by atoms with Crippen LogP contribution in [0.15, 0.2) is 22.7 Å². The van der Waals surface area contributed by atoms with E-state index >= 15 is 0 Å². The number of benzene rings is 1. The Kier molecular flexibility index (Phi) is 4.19. The Hall–Kier alpha value is -3.09. The van der Waals surface area contributed by atoms with Gasteiger partial charge >= 0.3 is 0 Å². The Morgan fingerprint density at radius 2 is 1.90 bits per heavy atom. The Morgan fingerprint density at radius 1 is 1.14 bits per heavy atom. The highest BCUT2D eigenvalue weighted by Crippen LogP contribution is 2.37. The molecule has 0 saturated carbocycles. The first kappa shape index (κ1) is 18.0. The zero-order valence-electron chi connectivity index (χ0n) is 15.8. The number of anilines is 1. The highest BCUT2D eigenvalue weighted by Gasteiger charge is 2.40. The van der Waals surface area contributed by atoms with E-state index in [1.807, 2.05) is 6.07 Å². The van der Waals surface area contributed by atoms with Crippen molar-refractivity contribution in [2.24, 2.45) is 0 Å². The molecule has 0 bridgehead atoms. The summed E-state index contributed by atoms with van der Waals surface area (Å²) in [5, 5.41) is 13.5. The van der Waals surface area contributed by atoms with Gasteiger partial charge in [-0.15, -0.1) is 0 Å². The van der Waals surface area contributed by atoms with Crippen molar-refractivity contribution in [1.29, 1.82) is 5.26 Å². The molecule has 148 valence electrons. The molecule has 0 aliphatic carbocycles. The van der Waals surface area contributed by atoms with Gasteiger partial charge in [-0.25, -0.2) is 9.37 Å². The largest absolute Gasteiger partial charge is 0.356 e. The molecule has 2 aliphatic heterocycles. The van der Waals surface area contributed by atoms with E-state index in [-0.39, 0.29) is 11.1 Å². The molecule has 3 aromatic rings. The lowest BCUT2D eigenvalue weighted by Gasteiger charge is -2.38. The average molecular weight is 395 g/mol. The number of hydrogen-bond acceptors (Lipinski definition) is 8. The summed E-state index contributed by atoms with van der Waals surface area (Å²) >= 11 is 0. The van der Waals surface area contributed by atoms with E-state index in [0.29, 0.717) is 67.6 Å². The van der Waals surface area contributed by atoms with Crippen molar-refractivity contribution in [2.75, 3.05) is 31.2 Å². The van der Waals surface area contributed by atoms with E-state index in [9.17, 15) is 4.39 Å². The molecular weight excluding hydrogens is 377 g/mol. The fourth-order valence-corrected chi connectivity index (χ4v) is 3.95. The number of nitriles is 1. The zero-order chi connectivity index (χ0) is 20.0. The lowest BCUT2D eigenvalue weighted by Crippen LogP contribution is -2.45. The molecule has 0 amide bonds. The van der Waals surface area contributed by atoms with Crippen molar-refractivity contribution in [2.45, 2.75) is 25.6 Å². The Balaban J connectivity index is 1.61. The van der Waals surface area contributed by atoms with Gasteiger partial charge in [0.2, 0.25) is 0 Å². The molecule has 1 spiro atoms. The molecule has 0 radical (unpaired) electrons. The molecule has 1 aromatic carbocycles. The smallest absolute Gasteiger partial charge is 0.261 e. The summed E-state index contributed by atoms with van der Waals surface area (Å²) in [6.45, 7) is 4.21. The first-order valence-corrected chi connectivity index (χ1v) is 9.45. The fourth-order valence-electron chi connectivity index (χ4n) is 3.95. The van der Waals surface area contributed by atoms with E-state index < -0.39 is 11.6 Å². The van der Waals surface area contributed by atoms with Crippen LogP contribution in [-0.4, -0.2) is 47.2 Å². The minimum atomic E-state index is -0.538. The second-order valence-electron chi connectivity index (χ2n) is 7.24. The van der Waals surface area contributed by atoms with Crippen LogP contribution in [0.5, 0.6) is 0 Å². The summed E-state index contributed by atoms with van der Waals surface area (Å²) in [7, 11) is 0. The predicted octanol–water partition coefficient (Wildman–Crippen LogP) is 2.95. The van der Waals surface area contributed by atoms with Gasteiger partial charge in [-0.3, -0.25) is 0 Å². The molecule has 0 unspecified atom stereocenters. The maximum absolute atomic E-state index is 14.6. The topological polar surface area (TPSA) is 97.3 Å². The van der Waals surface area contributed by atoms with E-state index in [2.05, 4.69) is 20.0 Å². The molecule has 2 saturated heterocycles. The molecule has 5 rings (SSSR count). The van der Waals surface area contributed by atoms with Crippen LogP contribution in [0.4, 0.5) is 10.2 Å². The third kappa shape index (κ3) is 3.10. The summed E-state index contributed by atoms with van der Waals surface area (Å²) in [5.74, 6) is 0.306. The van der Waals surface area contributed by atoms with Gasteiger partial charge in [0.05, 0.1) is 30.4 Å². The van der Waals surface area contributed by atoms with Gasteiger partial charge in [0.1, 0.15) is 11.3 Å². The summed E-state index contributed by atoms with van der Waals surface area (Å²) in [6, 6.07) is 6.52. The lowest BCUT2D eigenvalue weighted by atomic mass is 10.0. The van der Waals surface area contributed by atoms with Crippen LogP contribution in [0.25, 0.3) is 22.4 Å². The molecule has 0 atom stereocenters. The Morgan fingerprint density at radius 3 is 2.55 bits per heavy atom. The summed E-state index contributed by atoms with van der Waals surface area (Å²) in [6.07, 6.45) is 1.37. The lowest BCUT2D eigenvalue weighted by molar-refractivity contribution is -0.169. The van der Waals surface area contributed by atoms with Gasteiger partial charge < -0.3 is 18.9 Å². The van der Waals surface area contributed by atoms with Crippen LogP contribution >= 0.6 is 0 Å². The third-order valence-corrected chi connectivity index (χ3v) is 5.38. The van der Waals surface area contributed by atoms with Crippen LogP contribution in [0.1, 0.15) is 24.2 Å². The highest BCUT2D eigenvalue weighted by atomic mass is 19.1. The van der Waals surface area contributed by atoms with E-state index in [1.54, 1.807) is 19.1 Å². The van der Waals surface area contributed by atoms with Crippen LogP contribution in [0.3, 0.4) is 0 Å². The van der Waals surface area contributed by atoms with Crippen molar-refractivity contribution < 1.29 is 18.4 Å². The number of hydrogen-bond donors (Lipinski definition) is 0. The maximum Gasteiger partial charge on any atom is 0.261 e. The second kappa shape index (κ2) is 6.76. The van der Waals surface area contributed by atoms with Crippen LogP contribution in [0.2, 0.25) is 0 Å². The van der Waals surface area contributed by atoms with Gasteiger partial charge in [-0.2, -0.15) is 10.2 Å². The second-order valence-corrected chi connectivity index (χ2v) is 7.24. The molecule has 4 heterocycles. The number of piperidine rings is 1. The van der Waals surface area contributed by atoms with E-state index in [4.69, 9.17) is 19.3 Å². The predicted molar refractivity (Wildman–Crippen MR) is 101 cm³/mol. The van der Waals surface area contributed by atoms with Gasteiger partial charge in [-0.05, 0) is 25.1 Å². The number of ether oxygens (including phenoxy) is 2. The first-order valence-electron chi connectivity index (χ1n) is 9.45. The third-order valence-electron chi connectivity index (χ3n) is 5.38. The first-order chi connectivity index (χ1) is 14.1. The van der Waals surface area contributed by atoms with Gasteiger partial charge in [0.25, 0.3) is 5.89 Å². The molecule has 29 heavy (non-hydrogen) atoms. The fraction of sp³-hybridized carbons (Fsp3) is 0.400. The van der Waals surface area contributed by atoms with Crippen molar-refractivity contribution >= 4 is 16.7 Å². The van der Waals surface area contributed by atoms with Gasteiger partial charge in [0.15, 0.2) is 17.4 Å². The quantitative estimate of drug-likeness (QED) is 0.653. The molecule has 0 N–H and O–H groups in total. The summed E-state index contributed by atoms with van der Waals surface area (Å²) in [4.78, 5) is 11.0. The number of aromatic nitrogens is 3. The van der Waals surface area contributed by atoms with Crippen LogP contribution < -0.4 is 4.90 Å². The standard InChI is InChI=1S/C20H18FN5O3/c1-12-23-19(29-25-12)15-10-14-8-13(11-22)9-16(21)17(14)24-18(15)26-4-2-20(3-5-26)27-6-7-28-20/h8-10H,2-7H2,1H3. The Labute approximate surface area is 165 Å². The number of halogens is 1. The number of nitrogens with zero attached hydrogens (tertiary/aromatic N) is 5. The SMILES string of the molecule is Cc1noc(-c2cc3cc(C#N)cc(F)c3nc2N2CCC3(CC2)OCCO3)n1. The molecule has 2 aromatic heterocycles. The van der Waals surface area contributed by atoms with Crippen molar-refractivity contribution in [1.82, 2.24) is 15.1 Å². The van der Waals surface area contributed by atoms with E-state index in [1.165, 1.54) is 6.07 Å². The van der Waals surface area contributed by atoms with Crippen molar-refractivity contribution in [3.8, 4) is 17.5 Å². The number of fused-ring (bicyclic) bond motifs is 1. The van der Waals surface area contributed by atoms with Crippen LogP contribution in [-0.2, 0) is 9.47 Å². The normalized spacial score (nSPS) is 18.4. The highest BCUT2D eigenvalue weighted by molar-refractivity contribution is 5.89. The molecule has 8 nitrogen and oxygen atoms in total. The van der Waals surface area contributed by atoms with E-state index in [0.717, 1.165) is 0 Å². The van der Waals surface area contributed by atoms with Gasteiger partial charge in [-0.1, -0.05) is 5.16 Å². The number of pyridine rings is 1. The number of rotatable bonds is 2. The van der Waals surface area contributed by atoms with Crippen LogP contribution in [0, 0.1) is 24.1 Å². The molecular formula is C20H18FN5O3. The van der Waals surface area contributed by atoms with Crippen molar-refractivity contribution in [3.63, 3.8) is 0 Å². The minimum absolute atomic E-state index is 0.202. The number of aryl methyl sites for hydroxylation is 1. The molecule has 2 fully saturated rings. The monoisotopic (exact) mass is 395 g/mol. The molecule has 2 aliphatic rings. The van der Waals surface area contributed by atoms with Gasteiger partial charge in [0, 0.05) is 31.3 Å². The summed E-state index contributed by atoms with van der Waals surface area (Å²) in [5.41, 5.74) is 1.04.